The summed E-state index contributed by atoms with van der Waals surface area (Å²) in [6.07, 6.45) is 12.6. The van der Waals surface area contributed by atoms with E-state index >= 15 is 0 Å². The molecule has 32 heavy (non-hydrogen) atoms. The van der Waals surface area contributed by atoms with Gasteiger partial charge < -0.3 is 15.3 Å². The monoisotopic (exact) mass is 446 g/mol. The molecule has 0 bridgehead atoms. The first-order chi connectivity index (χ1) is 14.9. The maximum Gasteiger partial charge on any atom is 0.0936 e. The van der Waals surface area contributed by atoms with Gasteiger partial charge in [-0.25, -0.2) is 0 Å². The van der Waals surface area contributed by atoms with Crippen LogP contribution in [-0.2, 0) is 0 Å². The average molecular weight is 447 g/mol. The number of allylic oxidation sites excluding steroid dienone is 1. The van der Waals surface area contributed by atoms with Crippen molar-refractivity contribution in [2.75, 3.05) is 0 Å². The van der Waals surface area contributed by atoms with Gasteiger partial charge >= 0.3 is 0 Å². The van der Waals surface area contributed by atoms with Crippen molar-refractivity contribution >= 4 is 0 Å². The number of hydrogen-bond donors (Lipinski definition) is 3. The van der Waals surface area contributed by atoms with Crippen LogP contribution in [0.1, 0.15) is 112 Å². The van der Waals surface area contributed by atoms with E-state index in [1.54, 1.807) is 0 Å². The van der Waals surface area contributed by atoms with E-state index in [9.17, 15) is 15.3 Å². The quantitative estimate of drug-likeness (QED) is 0.422. The minimum absolute atomic E-state index is 0.101. The Balaban J connectivity index is 1.62. The molecule has 0 aromatic carbocycles. The Labute approximate surface area is 197 Å². The second kappa shape index (κ2) is 8.38. The van der Waals surface area contributed by atoms with Gasteiger partial charge in [-0.2, -0.15) is 0 Å². The van der Waals surface area contributed by atoms with Crippen molar-refractivity contribution in [3.8, 4) is 0 Å². The highest BCUT2D eigenvalue weighted by atomic mass is 16.3. The Morgan fingerprint density at radius 1 is 1.03 bits per heavy atom. The molecule has 9 atom stereocenters. The summed E-state index contributed by atoms with van der Waals surface area (Å²) >= 11 is 0. The predicted octanol–water partition coefficient (Wildman–Crippen LogP) is 6.25. The third kappa shape index (κ3) is 3.47. The highest BCUT2D eigenvalue weighted by Crippen LogP contribution is 2.72. The molecule has 3 N–H and O–H groups in total. The fourth-order valence-electron chi connectivity index (χ4n) is 9.26. The zero-order valence-corrected chi connectivity index (χ0v) is 21.7. The number of hydrogen-bond acceptors (Lipinski definition) is 3. The third-order valence-corrected chi connectivity index (χ3v) is 11.7. The molecule has 184 valence electrons. The van der Waals surface area contributed by atoms with Gasteiger partial charge in [-0.1, -0.05) is 53.2 Å². The first-order valence-electron chi connectivity index (χ1n) is 13.7. The lowest BCUT2D eigenvalue weighted by Crippen LogP contribution is -2.59. The van der Waals surface area contributed by atoms with Gasteiger partial charge in [0.15, 0.2) is 0 Å². The molecular formula is C29H50O3. The molecule has 0 heterocycles. The molecule has 3 fully saturated rings. The van der Waals surface area contributed by atoms with Crippen LogP contribution in [0.3, 0.4) is 0 Å². The maximum atomic E-state index is 11.9. The Morgan fingerprint density at radius 2 is 1.75 bits per heavy atom. The molecule has 3 heteroatoms. The second-order valence-corrected chi connectivity index (χ2v) is 13.3. The van der Waals surface area contributed by atoms with Gasteiger partial charge in [-0.05, 0) is 111 Å². The Bertz CT molecular complexity index is 730. The molecule has 4 aliphatic rings. The fraction of sp³-hybridized carbons (Fsp3) is 0.931. The fourth-order valence-corrected chi connectivity index (χ4v) is 9.26. The topological polar surface area (TPSA) is 60.7 Å². The minimum Gasteiger partial charge on any atom is -0.393 e. The van der Waals surface area contributed by atoms with Crippen LogP contribution in [0.15, 0.2) is 11.6 Å². The molecular weight excluding hydrogens is 396 g/mol. The molecule has 4 unspecified atom stereocenters. The highest BCUT2D eigenvalue weighted by Gasteiger charge is 2.66. The van der Waals surface area contributed by atoms with E-state index in [0.717, 1.165) is 44.9 Å². The Kier molecular flexibility index (Phi) is 6.48. The van der Waals surface area contributed by atoms with Crippen LogP contribution in [-0.4, -0.2) is 33.1 Å². The van der Waals surface area contributed by atoms with Crippen LogP contribution in [0, 0.1) is 39.9 Å². The number of rotatable bonds is 6. The third-order valence-electron chi connectivity index (χ3n) is 11.7. The smallest absolute Gasteiger partial charge is 0.0936 e. The van der Waals surface area contributed by atoms with Gasteiger partial charge in [-0.15, -0.1) is 0 Å². The summed E-state index contributed by atoms with van der Waals surface area (Å²) in [5, 5.41) is 33.5. The number of aliphatic hydroxyl groups excluding tert-OH is 2. The number of aliphatic hydroxyl groups is 3. The van der Waals surface area contributed by atoms with Crippen LogP contribution in [0.4, 0.5) is 0 Å². The van der Waals surface area contributed by atoms with E-state index in [4.69, 9.17) is 0 Å². The van der Waals surface area contributed by atoms with E-state index < -0.39 is 11.7 Å². The van der Waals surface area contributed by atoms with E-state index in [-0.39, 0.29) is 28.3 Å². The van der Waals surface area contributed by atoms with Crippen LogP contribution >= 0.6 is 0 Å². The Hall–Kier alpha value is -0.380. The summed E-state index contributed by atoms with van der Waals surface area (Å²) in [6.45, 7) is 14.0. The van der Waals surface area contributed by atoms with Gasteiger partial charge in [0.1, 0.15) is 0 Å². The zero-order valence-electron chi connectivity index (χ0n) is 21.7. The molecule has 0 aliphatic heterocycles. The average Bonchev–Trinajstić information content (AvgIpc) is 3.10. The van der Waals surface area contributed by atoms with E-state index in [1.165, 1.54) is 18.4 Å². The molecule has 4 aliphatic carbocycles. The summed E-state index contributed by atoms with van der Waals surface area (Å²) in [5.74, 6) is 1.99. The van der Waals surface area contributed by atoms with Crippen molar-refractivity contribution in [2.45, 2.75) is 130 Å². The second-order valence-electron chi connectivity index (χ2n) is 13.3. The zero-order chi connectivity index (χ0) is 23.5. The summed E-state index contributed by atoms with van der Waals surface area (Å²) in [6, 6.07) is 0. The van der Waals surface area contributed by atoms with E-state index in [1.807, 2.05) is 0 Å². The molecule has 0 amide bonds. The largest absolute Gasteiger partial charge is 0.393 e. The van der Waals surface area contributed by atoms with Crippen molar-refractivity contribution in [1.29, 1.82) is 0 Å². The van der Waals surface area contributed by atoms with Gasteiger partial charge in [0.2, 0.25) is 0 Å². The molecule has 0 radical (unpaired) electrons. The first-order valence-corrected chi connectivity index (χ1v) is 13.7. The standard InChI is InChI=1S/C29H50O3/c1-7-29(32,25(31)13-8-19(2)3)24-12-11-22-23-10-9-20-18-21(30)14-15-27(20,5)28(23,6)17-16-26(22,24)4/h9,19,21-25,30-32H,7-8,10-18H2,1-6H3/t21-,22?,23?,24?,25+,26-,27-,28?,29+/m0/s1. The van der Waals surface area contributed by atoms with Gasteiger partial charge in [0.25, 0.3) is 0 Å². The van der Waals surface area contributed by atoms with Crippen molar-refractivity contribution < 1.29 is 15.3 Å². The van der Waals surface area contributed by atoms with E-state index in [2.05, 4.69) is 47.6 Å². The molecule has 0 saturated heterocycles. The van der Waals surface area contributed by atoms with Crippen molar-refractivity contribution in [3.05, 3.63) is 11.6 Å². The lowest BCUT2D eigenvalue weighted by Gasteiger charge is -2.65. The molecule has 0 aromatic heterocycles. The van der Waals surface area contributed by atoms with Gasteiger partial charge in [0, 0.05) is 0 Å². The minimum atomic E-state index is -0.972. The molecule has 3 saturated carbocycles. The van der Waals surface area contributed by atoms with Crippen molar-refractivity contribution in [2.24, 2.45) is 39.9 Å². The summed E-state index contributed by atoms with van der Waals surface area (Å²) < 4.78 is 0. The van der Waals surface area contributed by atoms with Crippen molar-refractivity contribution in [3.63, 3.8) is 0 Å². The highest BCUT2D eigenvalue weighted by molar-refractivity contribution is 5.29. The van der Waals surface area contributed by atoms with Crippen LogP contribution in [0.25, 0.3) is 0 Å². The summed E-state index contributed by atoms with van der Waals surface area (Å²) in [7, 11) is 0. The summed E-state index contributed by atoms with van der Waals surface area (Å²) in [5.41, 5.74) is 1.12. The predicted molar refractivity (Wildman–Crippen MR) is 131 cm³/mol. The molecule has 0 aromatic rings. The van der Waals surface area contributed by atoms with Crippen LogP contribution in [0.5, 0.6) is 0 Å². The molecule has 4 rings (SSSR count). The normalized spacial score (nSPS) is 46.6. The summed E-state index contributed by atoms with van der Waals surface area (Å²) in [4.78, 5) is 0. The SMILES string of the molecule is CC[C@@](O)(C1CCC2C3CC=C4C[C@@H](O)CC[C@]4(C)C3(C)CC[C@@]21C)[C@H](O)CCC(C)C. The number of fused-ring (bicyclic) bond motifs is 5. The van der Waals surface area contributed by atoms with Crippen LogP contribution in [0.2, 0.25) is 0 Å². The lowest BCUT2D eigenvalue weighted by atomic mass is 9.40. The Morgan fingerprint density at radius 3 is 2.41 bits per heavy atom. The van der Waals surface area contributed by atoms with Gasteiger partial charge in [0.05, 0.1) is 17.8 Å². The molecule has 0 spiro atoms. The maximum absolute atomic E-state index is 11.9. The van der Waals surface area contributed by atoms with E-state index in [0.29, 0.717) is 30.6 Å². The first kappa shape index (κ1) is 24.7. The van der Waals surface area contributed by atoms with Crippen LogP contribution < -0.4 is 0 Å². The van der Waals surface area contributed by atoms with Gasteiger partial charge in [-0.3, -0.25) is 0 Å². The molecule has 3 nitrogen and oxygen atoms in total. The lowest BCUT2D eigenvalue weighted by molar-refractivity contribution is -0.176. The van der Waals surface area contributed by atoms with Crippen molar-refractivity contribution in [1.82, 2.24) is 0 Å².